The summed E-state index contributed by atoms with van der Waals surface area (Å²) in [6.07, 6.45) is 3.20. The van der Waals surface area contributed by atoms with Crippen LogP contribution in [-0.4, -0.2) is 29.1 Å². The lowest BCUT2D eigenvalue weighted by Gasteiger charge is -2.40. The lowest BCUT2D eigenvalue weighted by Crippen LogP contribution is -2.38. The minimum Gasteiger partial charge on any atom is -0.477 e. The van der Waals surface area contributed by atoms with E-state index >= 15 is 0 Å². The fourth-order valence-electron chi connectivity index (χ4n) is 2.71. The molecule has 1 fully saturated rings. The maximum atomic E-state index is 11.0. The molecule has 0 bridgehead atoms. The number of carboxylic acids is 1. The third-order valence-corrected chi connectivity index (χ3v) is 4.60. The Morgan fingerprint density at radius 3 is 2.52 bits per heavy atom. The molecule has 0 spiro atoms. The molecule has 114 valence electrons. The van der Waals surface area contributed by atoms with Crippen molar-refractivity contribution < 1.29 is 14.8 Å². The molecular formula is C15H20N2O4. The summed E-state index contributed by atoms with van der Waals surface area (Å²) < 4.78 is 0. The number of hydrogen-bond donors (Lipinski definition) is 1. The van der Waals surface area contributed by atoms with Crippen LogP contribution in [0.5, 0.6) is 0 Å². The normalized spacial score (nSPS) is 17.5. The van der Waals surface area contributed by atoms with E-state index in [-0.39, 0.29) is 11.3 Å². The average molecular weight is 292 g/mol. The van der Waals surface area contributed by atoms with Gasteiger partial charge in [-0.2, -0.15) is 0 Å². The minimum atomic E-state index is -1.27. The molecule has 0 aromatic heterocycles. The Morgan fingerprint density at radius 2 is 2.05 bits per heavy atom. The second-order valence-corrected chi connectivity index (χ2v) is 5.91. The Hall–Kier alpha value is -2.11. The summed E-state index contributed by atoms with van der Waals surface area (Å²) >= 11 is 0. The van der Waals surface area contributed by atoms with E-state index in [9.17, 15) is 14.9 Å². The molecular weight excluding hydrogens is 272 g/mol. The molecule has 1 heterocycles. The van der Waals surface area contributed by atoms with Gasteiger partial charge in [0.2, 0.25) is 0 Å². The number of hydrogen-bond acceptors (Lipinski definition) is 4. The smallest absolute Gasteiger partial charge is 0.342 e. The second kappa shape index (κ2) is 5.71. The van der Waals surface area contributed by atoms with Gasteiger partial charge >= 0.3 is 5.97 Å². The van der Waals surface area contributed by atoms with E-state index in [0.717, 1.165) is 38.0 Å². The van der Waals surface area contributed by atoms with Crippen LogP contribution >= 0.6 is 0 Å². The number of nitrogens with zero attached hydrogens (tertiary/aromatic N) is 2. The van der Waals surface area contributed by atoms with Crippen molar-refractivity contribution in [2.75, 3.05) is 18.0 Å². The van der Waals surface area contributed by atoms with E-state index < -0.39 is 10.9 Å². The van der Waals surface area contributed by atoms with Gasteiger partial charge in [-0.15, -0.1) is 0 Å². The maximum absolute atomic E-state index is 11.0. The Bertz CT molecular complexity index is 563. The molecule has 6 heteroatoms. The molecule has 1 aliphatic rings. The second-order valence-electron chi connectivity index (χ2n) is 5.91. The van der Waals surface area contributed by atoms with Gasteiger partial charge < -0.3 is 10.0 Å². The standard InChI is InChI=1S/C15H20N2O4/c1-3-15(2)6-8-16(9-7-15)11-4-5-12(14(18)19)13(10-11)17(20)21/h4-5,10H,3,6-9H2,1-2H3,(H,18,19). The molecule has 1 aromatic rings. The zero-order chi connectivity index (χ0) is 15.6. The van der Waals surface area contributed by atoms with Crippen LogP contribution in [0.15, 0.2) is 18.2 Å². The number of piperidine rings is 1. The molecule has 0 atom stereocenters. The van der Waals surface area contributed by atoms with Crippen molar-refractivity contribution in [2.24, 2.45) is 5.41 Å². The molecule has 1 aromatic carbocycles. The van der Waals surface area contributed by atoms with E-state index in [1.165, 1.54) is 12.1 Å². The molecule has 0 aliphatic carbocycles. The zero-order valence-corrected chi connectivity index (χ0v) is 12.3. The van der Waals surface area contributed by atoms with Crippen LogP contribution in [0.3, 0.4) is 0 Å². The van der Waals surface area contributed by atoms with E-state index in [1.54, 1.807) is 6.07 Å². The number of benzene rings is 1. The summed E-state index contributed by atoms with van der Waals surface area (Å²) in [5.41, 5.74) is 0.455. The van der Waals surface area contributed by atoms with Gasteiger partial charge in [0.1, 0.15) is 5.56 Å². The SMILES string of the molecule is CCC1(C)CCN(c2ccc(C(=O)O)c([N+](=O)[O-])c2)CC1. The van der Waals surface area contributed by atoms with Crippen LogP contribution in [-0.2, 0) is 0 Å². The van der Waals surface area contributed by atoms with Gasteiger partial charge in [-0.3, -0.25) is 10.1 Å². The van der Waals surface area contributed by atoms with Crippen molar-refractivity contribution >= 4 is 17.3 Å². The van der Waals surface area contributed by atoms with Gasteiger partial charge in [0.15, 0.2) is 0 Å². The maximum Gasteiger partial charge on any atom is 0.342 e. The van der Waals surface area contributed by atoms with Crippen LogP contribution < -0.4 is 4.90 Å². The van der Waals surface area contributed by atoms with Gasteiger partial charge in [-0.05, 0) is 30.4 Å². The first-order valence-corrected chi connectivity index (χ1v) is 7.13. The molecule has 1 N–H and O–H groups in total. The van der Waals surface area contributed by atoms with Gasteiger partial charge in [-0.25, -0.2) is 4.79 Å². The first-order chi connectivity index (χ1) is 9.86. The fraction of sp³-hybridized carbons (Fsp3) is 0.533. The summed E-state index contributed by atoms with van der Waals surface area (Å²) in [6, 6.07) is 4.35. The van der Waals surface area contributed by atoms with E-state index in [0.29, 0.717) is 5.41 Å². The number of rotatable bonds is 4. The topological polar surface area (TPSA) is 83.7 Å². The summed E-state index contributed by atoms with van der Waals surface area (Å²) in [7, 11) is 0. The summed E-state index contributed by atoms with van der Waals surface area (Å²) in [4.78, 5) is 23.5. The predicted molar refractivity (Wildman–Crippen MR) is 79.9 cm³/mol. The van der Waals surface area contributed by atoms with Crippen LogP contribution in [0.2, 0.25) is 0 Å². The highest BCUT2D eigenvalue weighted by Gasteiger charge is 2.29. The molecule has 0 unspecified atom stereocenters. The molecule has 2 rings (SSSR count). The first kappa shape index (κ1) is 15.3. The largest absolute Gasteiger partial charge is 0.477 e. The van der Waals surface area contributed by atoms with E-state index in [4.69, 9.17) is 5.11 Å². The number of nitro groups is 1. The lowest BCUT2D eigenvalue weighted by molar-refractivity contribution is -0.385. The minimum absolute atomic E-state index is 0.265. The molecule has 1 aliphatic heterocycles. The van der Waals surface area contributed by atoms with Crippen molar-refractivity contribution in [3.63, 3.8) is 0 Å². The molecule has 1 saturated heterocycles. The monoisotopic (exact) mass is 292 g/mol. The number of aromatic carboxylic acids is 1. The highest BCUT2D eigenvalue weighted by Crippen LogP contribution is 2.36. The predicted octanol–water partition coefficient (Wildman–Crippen LogP) is 3.31. The van der Waals surface area contributed by atoms with E-state index in [2.05, 4.69) is 18.7 Å². The number of carbonyl (C=O) groups is 1. The Kier molecular flexibility index (Phi) is 4.16. The molecule has 0 radical (unpaired) electrons. The Morgan fingerprint density at radius 1 is 1.43 bits per heavy atom. The summed E-state index contributed by atoms with van der Waals surface area (Å²) in [6.45, 7) is 6.13. The van der Waals surface area contributed by atoms with E-state index in [1.807, 2.05) is 0 Å². The number of nitro benzene ring substituents is 1. The van der Waals surface area contributed by atoms with Crippen LogP contribution in [0.25, 0.3) is 0 Å². The quantitative estimate of drug-likeness (QED) is 0.680. The molecule has 21 heavy (non-hydrogen) atoms. The first-order valence-electron chi connectivity index (χ1n) is 7.13. The van der Waals surface area contributed by atoms with Crippen molar-refractivity contribution in [3.8, 4) is 0 Å². The van der Waals surface area contributed by atoms with Crippen molar-refractivity contribution in [3.05, 3.63) is 33.9 Å². The Labute approximate surface area is 123 Å². The zero-order valence-electron chi connectivity index (χ0n) is 12.3. The van der Waals surface area contributed by atoms with Gasteiger partial charge in [-0.1, -0.05) is 20.3 Å². The van der Waals surface area contributed by atoms with Crippen molar-refractivity contribution in [1.29, 1.82) is 0 Å². The number of anilines is 1. The van der Waals surface area contributed by atoms with Gasteiger partial charge in [0.25, 0.3) is 5.69 Å². The fourth-order valence-corrected chi connectivity index (χ4v) is 2.71. The Balaban J connectivity index is 2.24. The average Bonchev–Trinajstić information content (AvgIpc) is 2.47. The van der Waals surface area contributed by atoms with Crippen LogP contribution in [0.1, 0.15) is 43.5 Å². The molecule has 6 nitrogen and oxygen atoms in total. The van der Waals surface area contributed by atoms with Crippen LogP contribution in [0, 0.1) is 15.5 Å². The van der Waals surface area contributed by atoms with Crippen molar-refractivity contribution in [1.82, 2.24) is 0 Å². The highest BCUT2D eigenvalue weighted by molar-refractivity contribution is 5.93. The highest BCUT2D eigenvalue weighted by atomic mass is 16.6. The molecule has 0 saturated carbocycles. The molecule has 0 amide bonds. The van der Waals surface area contributed by atoms with Crippen LogP contribution in [0.4, 0.5) is 11.4 Å². The summed E-state index contributed by atoms with van der Waals surface area (Å²) in [5, 5.41) is 20.0. The summed E-state index contributed by atoms with van der Waals surface area (Å²) in [5.74, 6) is -1.27. The third-order valence-electron chi connectivity index (χ3n) is 4.60. The number of carboxylic acid groups (broad SMARTS) is 1. The lowest BCUT2D eigenvalue weighted by atomic mass is 9.78. The van der Waals surface area contributed by atoms with Gasteiger partial charge in [0.05, 0.1) is 4.92 Å². The third kappa shape index (κ3) is 3.15. The van der Waals surface area contributed by atoms with Crippen molar-refractivity contribution in [2.45, 2.75) is 33.1 Å². The van der Waals surface area contributed by atoms with Gasteiger partial charge in [0, 0.05) is 24.8 Å².